The molecule has 1 saturated heterocycles. The number of nitrogens with zero attached hydrogens (tertiary/aromatic N) is 2. The number of methoxy groups -OCH3 is 1. The number of aromatic nitrogens is 1. The first-order chi connectivity index (χ1) is 9.98. The Labute approximate surface area is 134 Å². The second-order valence-corrected chi connectivity index (χ2v) is 7.88. The van der Waals surface area contributed by atoms with Gasteiger partial charge in [0.1, 0.15) is 10.7 Å². The van der Waals surface area contributed by atoms with Crippen LogP contribution >= 0.6 is 15.9 Å². The van der Waals surface area contributed by atoms with E-state index < -0.39 is 10.0 Å². The quantitative estimate of drug-likeness (QED) is 0.848. The van der Waals surface area contributed by atoms with E-state index in [1.165, 1.54) is 4.31 Å². The van der Waals surface area contributed by atoms with Crippen LogP contribution in [0.3, 0.4) is 0 Å². The predicted molar refractivity (Wildman–Crippen MR) is 84.8 cm³/mol. The first-order valence-corrected chi connectivity index (χ1v) is 9.04. The SMILES string of the molecule is CNc1ncc(Br)cc1S(=O)(=O)N1CCC(COC)CC1. The molecule has 0 amide bonds. The Hall–Kier alpha value is -0.700. The smallest absolute Gasteiger partial charge is 0.246 e. The number of nitrogens with one attached hydrogen (secondary N) is 1. The summed E-state index contributed by atoms with van der Waals surface area (Å²) in [4.78, 5) is 4.33. The molecule has 1 aliphatic heterocycles. The maximum atomic E-state index is 12.8. The summed E-state index contributed by atoms with van der Waals surface area (Å²) in [5, 5.41) is 2.84. The zero-order valence-corrected chi connectivity index (χ0v) is 14.6. The number of hydrogen-bond acceptors (Lipinski definition) is 5. The summed E-state index contributed by atoms with van der Waals surface area (Å²) in [6.07, 6.45) is 3.22. The van der Waals surface area contributed by atoms with E-state index >= 15 is 0 Å². The molecule has 8 heteroatoms. The van der Waals surface area contributed by atoms with Crippen LogP contribution in [0.2, 0.25) is 0 Å². The molecular weight excluding hydrogens is 358 g/mol. The van der Waals surface area contributed by atoms with Crippen LogP contribution in [0.1, 0.15) is 12.8 Å². The lowest BCUT2D eigenvalue weighted by Crippen LogP contribution is -2.39. The van der Waals surface area contributed by atoms with E-state index in [9.17, 15) is 8.42 Å². The lowest BCUT2D eigenvalue weighted by Gasteiger charge is -2.31. The van der Waals surface area contributed by atoms with Gasteiger partial charge in [0.05, 0.1) is 0 Å². The third kappa shape index (κ3) is 3.74. The molecule has 0 atom stereocenters. The van der Waals surface area contributed by atoms with E-state index in [1.54, 1.807) is 26.4 Å². The number of piperidine rings is 1. The molecule has 21 heavy (non-hydrogen) atoms. The summed E-state index contributed by atoms with van der Waals surface area (Å²) >= 11 is 3.28. The van der Waals surface area contributed by atoms with Gasteiger partial charge < -0.3 is 10.1 Å². The van der Waals surface area contributed by atoms with Gasteiger partial charge in [-0.3, -0.25) is 0 Å². The van der Waals surface area contributed by atoms with Crippen LogP contribution < -0.4 is 5.32 Å². The molecule has 0 bridgehead atoms. The number of sulfonamides is 1. The zero-order chi connectivity index (χ0) is 15.5. The number of anilines is 1. The summed E-state index contributed by atoms with van der Waals surface area (Å²) in [6.45, 7) is 1.73. The van der Waals surface area contributed by atoms with Crippen LogP contribution in [0.15, 0.2) is 21.6 Å². The minimum Gasteiger partial charge on any atom is -0.384 e. The fourth-order valence-corrected chi connectivity index (χ4v) is 4.62. The van der Waals surface area contributed by atoms with Gasteiger partial charge in [0.2, 0.25) is 10.0 Å². The number of halogens is 1. The largest absolute Gasteiger partial charge is 0.384 e. The Bertz CT molecular complexity index is 586. The molecule has 0 spiro atoms. The Morgan fingerprint density at radius 2 is 2.14 bits per heavy atom. The van der Waals surface area contributed by atoms with E-state index in [2.05, 4.69) is 26.2 Å². The lowest BCUT2D eigenvalue weighted by molar-refractivity contribution is 0.121. The minimum absolute atomic E-state index is 0.213. The molecule has 0 radical (unpaired) electrons. The molecule has 2 rings (SSSR count). The normalized spacial score (nSPS) is 17.9. The van der Waals surface area contributed by atoms with Crippen LogP contribution in [-0.2, 0) is 14.8 Å². The van der Waals surface area contributed by atoms with Gasteiger partial charge in [-0.2, -0.15) is 4.31 Å². The highest BCUT2D eigenvalue weighted by Crippen LogP contribution is 2.29. The zero-order valence-electron chi connectivity index (χ0n) is 12.2. The molecule has 2 heterocycles. The van der Waals surface area contributed by atoms with E-state index in [0.717, 1.165) is 12.8 Å². The van der Waals surface area contributed by atoms with Gasteiger partial charge in [0.25, 0.3) is 0 Å². The number of rotatable bonds is 5. The van der Waals surface area contributed by atoms with Crippen LogP contribution in [0.4, 0.5) is 5.82 Å². The van der Waals surface area contributed by atoms with Gasteiger partial charge in [0, 0.05) is 44.5 Å². The van der Waals surface area contributed by atoms with Crippen molar-refractivity contribution in [3.8, 4) is 0 Å². The van der Waals surface area contributed by atoms with Crippen molar-refractivity contribution in [2.45, 2.75) is 17.7 Å². The molecule has 0 saturated carbocycles. The number of ether oxygens (including phenoxy) is 1. The third-order valence-electron chi connectivity index (χ3n) is 3.65. The van der Waals surface area contributed by atoms with Crippen molar-refractivity contribution in [1.82, 2.24) is 9.29 Å². The van der Waals surface area contributed by atoms with Gasteiger partial charge >= 0.3 is 0 Å². The second-order valence-electron chi connectivity index (χ2n) is 5.05. The fraction of sp³-hybridized carbons (Fsp3) is 0.615. The average Bonchev–Trinajstić information content (AvgIpc) is 2.48. The van der Waals surface area contributed by atoms with Crippen LogP contribution in [0, 0.1) is 5.92 Å². The van der Waals surface area contributed by atoms with Crippen LogP contribution in [0.5, 0.6) is 0 Å². The number of pyridine rings is 1. The van der Waals surface area contributed by atoms with Crippen molar-refractivity contribution in [3.05, 3.63) is 16.7 Å². The van der Waals surface area contributed by atoms with Gasteiger partial charge in [0.15, 0.2) is 0 Å². The molecule has 6 nitrogen and oxygen atoms in total. The highest BCUT2D eigenvalue weighted by Gasteiger charge is 2.31. The lowest BCUT2D eigenvalue weighted by atomic mass is 9.99. The predicted octanol–water partition coefficient (Wildman–Crippen LogP) is 1.93. The molecule has 0 unspecified atom stereocenters. The number of hydrogen-bond donors (Lipinski definition) is 1. The first kappa shape index (κ1) is 16.7. The third-order valence-corrected chi connectivity index (χ3v) is 6.00. The van der Waals surface area contributed by atoms with E-state index in [-0.39, 0.29) is 4.90 Å². The Morgan fingerprint density at radius 1 is 1.48 bits per heavy atom. The van der Waals surface area contributed by atoms with E-state index in [1.807, 2.05) is 0 Å². The fourth-order valence-electron chi connectivity index (χ4n) is 2.50. The van der Waals surface area contributed by atoms with Crippen molar-refractivity contribution in [2.24, 2.45) is 5.92 Å². The molecule has 118 valence electrons. The Kier molecular flexibility index (Phi) is 5.59. The van der Waals surface area contributed by atoms with Crippen molar-refractivity contribution < 1.29 is 13.2 Å². The van der Waals surface area contributed by atoms with Crippen molar-refractivity contribution in [2.75, 3.05) is 39.2 Å². The highest BCUT2D eigenvalue weighted by atomic mass is 79.9. The first-order valence-electron chi connectivity index (χ1n) is 6.81. The maximum absolute atomic E-state index is 12.8. The van der Waals surface area contributed by atoms with Gasteiger partial charge in [-0.05, 0) is 40.8 Å². The minimum atomic E-state index is -3.53. The van der Waals surface area contributed by atoms with Crippen LogP contribution in [0.25, 0.3) is 0 Å². The molecular formula is C13H20BrN3O3S. The Balaban J connectivity index is 2.21. The van der Waals surface area contributed by atoms with E-state index in [0.29, 0.717) is 35.9 Å². The molecule has 1 aromatic heterocycles. The van der Waals surface area contributed by atoms with Crippen molar-refractivity contribution in [1.29, 1.82) is 0 Å². The average molecular weight is 378 g/mol. The molecule has 0 aliphatic carbocycles. The Morgan fingerprint density at radius 3 is 2.71 bits per heavy atom. The molecule has 1 fully saturated rings. The second kappa shape index (κ2) is 7.04. The van der Waals surface area contributed by atoms with Gasteiger partial charge in [-0.25, -0.2) is 13.4 Å². The summed E-state index contributed by atoms with van der Waals surface area (Å²) in [5.41, 5.74) is 0. The standard InChI is InChI=1S/C13H20BrN3O3S/c1-15-13-12(7-11(14)8-16-13)21(18,19)17-5-3-10(4-6-17)9-20-2/h7-8,10H,3-6,9H2,1-2H3,(H,15,16). The van der Waals surface area contributed by atoms with Crippen molar-refractivity contribution >= 4 is 31.8 Å². The molecule has 1 aliphatic rings. The summed E-state index contributed by atoms with van der Waals surface area (Å²) in [7, 11) is -0.185. The highest BCUT2D eigenvalue weighted by molar-refractivity contribution is 9.10. The van der Waals surface area contributed by atoms with Crippen LogP contribution in [-0.4, -0.2) is 51.6 Å². The monoisotopic (exact) mass is 377 g/mol. The molecule has 0 aromatic carbocycles. The topological polar surface area (TPSA) is 71.5 Å². The molecule has 1 aromatic rings. The van der Waals surface area contributed by atoms with Gasteiger partial charge in [-0.1, -0.05) is 0 Å². The summed E-state index contributed by atoms with van der Waals surface area (Å²) < 4.78 is 32.9. The molecule has 1 N–H and O–H groups in total. The van der Waals surface area contributed by atoms with Gasteiger partial charge in [-0.15, -0.1) is 0 Å². The summed E-state index contributed by atoms with van der Waals surface area (Å²) in [5.74, 6) is 0.808. The van der Waals surface area contributed by atoms with E-state index in [4.69, 9.17) is 4.74 Å². The summed E-state index contributed by atoms with van der Waals surface area (Å²) in [6, 6.07) is 1.59. The maximum Gasteiger partial charge on any atom is 0.246 e. The van der Waals surface area contributed by atoms with Crippen molar-refractivity contribution in [3.63, 3.8) is 0 Å².